The van der Waals surface area contributed by atoms with Crippen LogP contribution < -0.4 is 5.32 Å². The third-order valence-electron chi connectivity index (χ3n) is 3.13. The van der Waals surface area contributed by atoms with Gasteiger partial charge in [-0.25, -0.2) is 0 Å². The minimum Gasteiger partial charge on any atom is -0.469 e. The summed E-state index contributed by atoms with van der Waals surface area (Å²) in [4.78, 5) is 22.4. The summed E-state index contributed by atoms with van der Waals surface area (Å²) < 4.78 is 4.44. The number of carbonyl (C=O) groups is 2. The number of fused-ring (bicyclic) bond motifs is 1. The maximum atomic E-state index is 11.5. The van der Waals surface area contributed by atoms with Gasteiger partial charge in [0.05, 0.1) is 7.11 Å². The molecule has 1 N–H and O–H groups in total. The number of carbonyl (C=O) groups excluding carboxylic acids is 2. The van der Waals surface area contributed by atoms with Crippen molar-refractivity contribution in [3.8, 4) is 0 Å². The van der Waals surface area contributed by atoms with Gasteiger partial charge in [0, 0.05) is 6.54 Å². The van der Waals surface area contributed by atoms with E-state index < -0.39 is 5.97 Å². The van der Waals surface area contributed by atoms with Crippen LogP contribution in [0.25, 0.3) is 10.8 Å². The largest absolute Gasteiger partial charge is 0.469 e. The Hall–Kier alpha value is -2.36. The fourth-order valence-corrected chi connectivity index (χ4v) is 2.11. The minimum atomic E-state index is -0.521. The number of amides is 1. The van der Waals surface area contributed by atoms with Crippen LogP contribution in [0.2, 0.25) is 0 Å². The summed E-state index contributed by atoms with van der Waals surface area (Å²) in [6.45, 7) is 0.504. The molecule has 0 aliphatic rings. The van der Waals surface area contributed by atoms with E-state index in [0.29, 0.717) is 6.54 Å². The molecule has 2 rings (SSSR count). The van der Waals surface area contributed by atoms with E-state index in [9.17, 15) is 9.59 Å². The Kier molecular flexibility index (Phi) is 4.71. The summed E-state index contributed by atoms with van der Waals surface area (Å²) in [5, 5.41) is 5.10. The summed E-state index contributed by atoms with van der Waals surface area (Å²) in [6.07, 6.45) is 0.500. The second-order valence-corrected chi connectivity index (χ2v) is 4.49. The number of rotatable bonds is 5. The van der Waals surface area contributed by atoms with Crippen LogP contribution in [0, 0.1) is 0 Å². The Morgan fingerprint density at radius 3 is 2.65 bits per heavy atom. The summed E-state index contributed by atoms with van der Waals surface area (Å²) in [5.74, 6) is -0.829. The molecule has 0 fully saturated rings. The van der Waals surface area contributed by atoms with Crippen molar-refractivity contribution in [2.75, 3.05) is 13.7 Å². The van der Waals surface area contributed by atoms with Gasteiger partial charge in [0.1, 0.15) is 6.42 Å². The molecule has 4 heteroatoms. The molecular weight excluding hydrogens is 254 g/mol. The number of methoxy groups -OCH3 is 1. The average molecular weight is 271 g/mol. The summed E-state index contributed by atoms with van der Waals surface area (Å²) in [5.41, 5.74) is 1.18. The van der Waals surface area contributed by atoms with E-state index in [4.69, 9.17) is 0 Å². The van der Waals surface area contributed by atoms with Crippen LogP contribution in [0.4, 0.5) is 0 Å². The minimum absolute atomic E-state index is 0.230. The lowest BCUT2D eigenvalue weighted by molar-refractivity contribution is -0.143. The van der Waals surface area contributed by atoms with Gasteiger partial charge in [0.25, 0.3) is 0 Å². The van der Waals surface area contributed by atoms with E-state index in [-0.39, 0.29) is 12.3 Å². The molecule has 0 radical (unpaired) electrons. The van der Waals surface area contributed by atoms with E-state index in [2.05, 4.69) is 34.3 Å². The monoisotopic (exact) mass is 271 g/mol. The molecular formula is C16H17NO3. The van der Waals surface area contributed by atoms with Crippen molar-refractivity contribution in [2.24, 2.45) is 0 Å². The molecule has 4 nitrogen and oxygen atoms in total. The molecule has 104 valence electrons. The third kappa shape index (κ3) is 3.57. The highest BCUT2D eigenvalue weighted by Gasteiger charge is 2.08. The summed E-state index contributed by atoms with van der Waals surface area (Å²) in [6, 6.07) is 14.3. The lowest BCUT2D eigenvalue weighted by Gasteiger charge is -2.07. The Balaban J connectivity index is 1.93. The molecule has 0 aliphatic heterocycles. The van der Waals surface area contributed by atoms with Gasteiger partial charge in [-0.1, -0.05) is 42.5 Å². The standard InChI is InChI=1S/C16H17NO3/c1-20-16(19)11-15(18)17-10-9-13-7-4-6-12-5-2-3-8-14(12)13/h2-8H,9-11H2,1H3,(H,17,18). The van der Waals surface area contributed by atoms with E-state index in [1.807, 2.05) is 18.2 Å². The van der Waals surface area contributed by atoms with E-state index in [0.717, 1.165) is 6.42 Å². The first-order chi connectivity index (χ1) is 9.70. The fourth-order valence-electron chi connectivity index (χ4n) is 2.11. The molecule has 0 saturated heterocycles. The van der Waals surface area contributed by atoms with Crippen molar-refractivity contribution in [3.63, 3.8) is 0 Å². The first-order valence-corrected chi connectivity index (χ1v) is 6.51. The molecule has 0 atom stereocenters. The van der Waals surface area contributed by atoms with Crippen LogP contribution in [-0.4, -0.2) is 25.5 Å². The zero-order valence-electron chi connectivity index (χ0n) is 11.4. The molecule has 0 aliphatic carbocycles. The molecule has 0 saturated carbocycles. The highest BCUT2D eigenvalue weighted by molar-refractivity contribution is 5.94. The molecule has 0 spiro atoms. The molecule has 2 aromatic carbocycles. The lowest BCUT2D eigenvalue weighted by atomic mass is 10.0. The zero-order chi connectivity index (χ0) is 14.4. The third-order valence-corrected chi connectivity index (χ3v) is 3.13. The van der Waals surface area contributed by atoms with Crippen LogP contribution in [0.15, 0.2) is 42.5 Å². The average Bonchev–Trinajstić information content (AvgIpc) is 2.47. The molecule has 2 aromatic rings. The molecule has 20 heavy (non-hydrogen) atoms. The molecule has 1 amide bonds. The molecule has 0 bridgehead atoms. The fraction of sp³-hybridized carbons (Fsp3) is 0.250. The SMILES string of the molecule is COC(=O)CC(=O)NCCc1cccc2ccccc12. The predicted octanol–water partition coefficient (Wildman–Crippen LogP) is 2.06. The van der Waals surface area contributed by atoms with Gasteiger partial charge in [-0.15, -0.1) is 0 Å². The predicted molar refractivity (Wildman–Crippen MR) is 77.3 cm³/mol. The van der Waals surface area contributed by atoms with E-state index >= 15 is 0 Å². The van der Waals surface area contributed by atoms with Crippen molar-refractivity contribution in [1.82, 2.24) is 5.32 Å². The van der Waals surface area contributed by atoms with Gasteiger partial charge >= 0.3 is 5.97 Å². The number of hydrogen-bond acceptors (Lipinski definition) is 3. The van der Waals surface area contributed by atoms with Crippen LogP contribution in [0.1, 0.15) is 12.0 Å². The Labute approximate surface area is 117 Å². The van der Waals surface area contributed by atoms with Crippen LogP contribution in [-0.2, 0) is 20.7 Å². The van der Waals surface area contributed by atoms with Crippen molar-refractivity contribution in [3.05, 3.63) is 48.0 Å². The molecule has 0 aromatic heterocycles. The van der Waals surface area contributed by atoms with Gasteiger partial charge in [0.15, 0.2) is 0 Å². The van der Waals surface area contributed by atoms with Crippen molar-refractivity contribution in [1.29, 1.82) is 0 Å². The van der Waals surface area contributed by atoms with Crippen molar-refractivity contribution >= 4 is 22.6 Å². The number of ether oxygens (including phenoxy) is 1. The van der Waals surface area contributed by atoms with Crippen molar-refractivity contribution in [2.45, 2.75) is 12.8 Å². The quantitative estimate of drug-likeness (QED) is 0.669. The van der Waals surface area contributed by atoms with Gasteiger partial charge in [-0.3, -0.25) is 9.59 Å². The van der Waals surface area contributed by atoms with Gasteiger partial charge in [-0.2, -0.15) is 0 Å². The topological polar surface area (TPSA) is 55.4 Å². The smallest absolute Gasteiger partial charge is 0.315 e. The number of benzene rings is 2. The van der Waals surface area contributed by atoms with E-state index in [1.165, 1.54) is 23.4 Å². The Morgan fingerprint density at radius 2 is 1.85 bits per heavy atom. The highest BCUT2D eigenvalue weighted by Crippen LogP contribution is 2.18. The molecule has 0 heterocycles. The second-order valence-electron chi connectivity index (χ2n) is 4.49. The lowest BCUT2D eigenvalue weighted by Crippen LogP contribution is -2.28. The number of hydrogen-bond donors (Lipinski definition) is 1. The van der Waals surface area contributed by atoms with Gasteiger partial charge in [0.2, 0.25) is 5.91 Å². The number of nitrogens with one attached hydrogen (secondary N) is 1. The van der Waals surface area contributed by atoms with Crippen LogP contribution in [0.5, 0.6) is 0 Å². The summed E-state index contributed by atoms with van der Waals surface area (Å²) >= 11 is 0. The highest BCUT2D eigenvalue weighted by atomic mass is 16.5. The van der Waals surface area contributed by atoms with Crippen LogP contribution >= 0.6 is 0 Å². The Bertz CT molecular complexity index is 617. The first-order valence-electron chi connectivity index (χ1n) is 6.51. The maximum Gasteiger partial charge on any atom is 0.315 e. The Morgan fingerprint density at radius 1 is 1.10 bits per heavy atom. The zero-order valence-corrected chi connectivity index (χ0v) is 11.4. The van der Waals surface area contributed by atoms with Gasteiger partial charge < -0.3 is 10.1 Å². The van der Waals surface area contributed by atoms with Gasteiger partial charge in [-0.05, 0) is 22.8 Å². The normalized spacial score (nSPS) is 10.2. The number of esters is 1. The first kappa shape index (κ1) is 14.1. The van der Waals surface area contributed by atoms with Crippen LogP contribution in [0.3, 0.4) is 0 Å². The molecule has 0 unspecified atom stereocenters. The van der Waals surface area contributed by atoms with E-state index in [1.54, 1.807) is 0 Å². The maximum absolute atomic E-state index is 11.5. The summed E-state index contributed by atoms with van der Waals surface area (Å²) in [7, 11) is 1.27. The van der Waals surface area contributed by atoms with Crippen molar-refractivity contribution < 1.29 is 14.3 Å². The second kappa shape index (κ2) is 6.70.